The summed E-state index contributed by atoms with van der Waals surface area (Å²) in [5.74, 6) is -0.180. The molecule has 0 unspecified atom stereocenters. The van der Waals surface area contributed by atoms with Crippen LogP contribution < -0.4 is 0 Å². The molecule has 4 aromatic rings. The molecular formula is C20H12Cl2N4O3S. The first-order chi connectivity index (χ1) is 14.5. The number of nitrogens with zero attached hydrogens (tertiary/aromatic N) is 4. The van der Waals surface area contributed by atoms with Gasteiger partial charge in [0.2, 0.25) is 5.89 Å². The molecule has 0 bridgehead atoms. The fourth-order valence-electron chi connectivity index (χ4n) is 2.49. The normalized spacial score (nSPS) is 10.8. The predicted molar refractivity (Wildman–Crippen MR) is 113 cm³/mol. The molecule has 7 nitrogen and oxygen atoms in total. The Morgan fingerprint density at radius 1 is 1.00 bits per heavy atom. The van der Waals surface area contributed by atoms with E-state index in [4.69, 9.17) is 27.6 Å². The highest BCUT2D eigenvalue weighted by Crippen LogP contribution is 2.38. The van der Waals surface area contributed by atoms with Crippen molar-refractivity contribution in [3.8, 4) is 22.7 Å². The Balaban J connectivity index is 1.76. The number of halogens is 2. The first-order valence-electron chi connectivity index (χ1n) is 8.49. The van der Waals surface area contributed by atoms with Crippen LogP contribution in [-0.2, 0) is 4.74 Å². The SMILES string of the molecule is COC(=O)c1ccc(-c2nc(-c3cncc(Cl)c3)oc2Sc2ccc(Cl)cn2)cn1. The molecule has 0 saturated heterocycles. The molecule has 0 aromatic carbocycles. The third-order valence-corrected chi connectivity index (χ3v) is 5.22. The monoisotopic (exact) mass is 458 g/mol. The summed E-state index contributed by atoms with van der Waals surface area (Å²) in [7, 11) is 1.30. The van der Waals surface area contributed by atoms with Gasteiger partial charge in [-0.25, -0.2) is 19.7 Å². The van der Waals surface area contributed by atoms with Gasteiger partial charge >= 0.3 is 5.97 Å². The van der Waals surface area contributed by atoms with Crippen molar-refractivity contribution in [2.24, 2.45) is 0 Å². The maximum absolute atomic E-state index is 11.7. The molecule has 4 rings (SSSR count). The number of esters is 1. The number of oxazole rings is 1. The molecule has 0 N–H and O–H groups in total. The predicted octanol–water partition coefficient (Wildman–Crippen LogP) is 5.44. The van der Waals surface area contributed by atoms with Gasteiger partial charge in [-0.2, -0.15) is 0 Å². The third-order valence-electron chi connectivity index (χ3n) is 3.88. The zero-order chi connectivity index (χ0) is 21.1. The number of methoxy groups -OCH3 is 1. The van der Waals surface area contributed by atoms with Crippen LogP contribution in [0.25, 0.3) is 22.7 Å². The van der Waals surface area contributed by atoms with E-state index in [-0.39, 0.29) is 5.69 Å². The van der Waals surface area contributed by atoms with Crippen molar-refractivity contribution in [1.82, 2.24) is 19.9 Å². The van der Waals surface area contributed by atoms with Gasteiger partial charge < -0.3 is 9.15 Å². The third kappa shape index (κ3) is 4.46. The van der Waals surface area contributed by atoms with Gasteiger partial charge in [0.15, 0.2) is 5.09 Å². The van der Waals surface area contributed by atoms with Gasteiger partial charge in [0.25, 0.3) is 0 Å². The van der Waals surface area contributed by atoms with Crippen molar-refractivity contribution in [3.05, 3.63) is 70.9 Å². The Morgan fingerprint density at radius 3 is 2.53 bits per heavy atom. The number of carbonyl (C=O) groups excluding carboxylic acids is 1. The van der Waals surface area contributed by atoms with Crippen LogP contribution in [0.15, 0.2) is 69.7 Å². The smallest absolute Gasteiger partial charge is 0.356 e. The van der Waals surface area contributed by atoms with E-state index in [2.05, 4.69) is 24.7 Å². The van der Waals surface area contributed by atoms with Crippen LogP contribution in [0.3, 0.4) is 0 Å². The molecule has 0 spiro atoms. The molecule has 0 fully saturated rings. The molecule has 0 aliphatic rings. The average Bonchev–Trinajstić information content (AvgIpc) is 3.19. The lowest BCUT2D eigenvalue weighted by molar-refractivity contribution is 0.0594. The largest absolute Gasteiger partial charge is 0.464 e. The van der Waals surface area contributed by atoms with Gasteiger partial charge in [-0.1, -0.05) is 23.2 Å². The van der Waals surface area contributed by atoms with Crippen LogP contribution in [0.5, 0.6) is 0 Å². The molecule has 4 aromatic heterocycles. The van der Waals surface area contributed by atoms with Crippen molar-refractivity contribution < 1.29 is 13.9 Å². The van der Waals surface area contributed by atoms with E-state index >= 15 is 0 Å². The molecule has 0 amide bonds. The Labute approximate surface area is 185 Å². The summed E-state index contributed by atoms with van der Waals surface area (Å²) in [5.41, 5.74) is 2.01. The summed E-state index contributed by atoms with van der Waals surface area (Å²) >= 11 is 13.3. The Hall–Kier alpha value is -2.94. The first kappa shape index (κ1) is 20.3. The summed E-state index contributed by atoms with van der Waals surface area (Å²) in [6.07, 6.45) is 6.21. The zero-order valence-corrected chi connectivity index (χ0v) is 17.7. The number of aromatic nitrogens is 4. The number of carbonyl (C=O) groups is 1. The van der Waals surface area contributed by atoms with Crippen LogP contribution in [0, 0.1) is 0 Å². The molecule has 150 valence electrons. The minimum Gasteiger partial charge on any atom is -0.464 e. The maximum atomic E-state index is 11.7. The van der Waals surface area contributed by atoms with Crippen LogP contribution in [0.2, 0.25) is 10.0 Å². The molecular weight excluding hydrogens is 447 g/mol. The lowest BCUT2D eigenvalue weighted by atomic mass is 10.2. The molecule has 0 aliphatic heterocycles. The lowest BCUT2D eigenvalue weighted by Crippen LogP contribution is -2.03. The molecule has 0 atom stereocenters. The van der Waals surface area contributed by atoms with Crippen molar-refractivity contribution in [2.75, 3.05) is 7.11 Å². The Kier molecular flexibility index (Phi) is 5.98. The quantitative estimate of drug-likeness (QED) is 0.365. The van der Waals surface area contributed by atoms with Gasteiger partial charge in [0.1, 0.15) is 16.4 Å². The highest BCUT2D eigenvalue weighted by Gasteiger charge is 2.20. The van der Waals surface area contributed by atoms with Crippen molar-refractivity contribution >= 4 is 40.9 Å². The van der Waals surface area contributed by atoms with Crippen molar-refractivity contribution in [3.63, 3.8) is 0 Å². The standard InChI is InChI=1S/C20H12Cl2N4O3S/c1-28-19(27)15-4-2-11(8-24-15)17-20(30-16-5-3-13(21)10-25-16)29-18(26-17)12-6-14(22)9-23-7-12/h2-10H,1H3. The zero-order valence-electron chi connectivity index (χ0n) is 15.4. The Bertz CT molecular complexity index is 1200. The molecule has 30 heavy (non-hydrogen) atoms. The van der Waals surface area contributed by atoms with Crippen LogP contribution in [0.1, 0.15) is 10.5 Å². The Morgan fingerprint density at radius 2 is 1.87 bits per heavy atom. The van der Waals surface area contributed by atoms with Gasteiger partial charge in [-0.05, 0) is 42.1 Å². The molecule has 4 heterocycles. The molecule has 10 heteroatoms. The second-order valence-corrected chi connectivity index (χ2v) is 7.75. The topological polar surface area (TPSA) is 91.0 Å². The van der Waals surface area contributed by atoms with Gasteiger partial charge in [-0.15, -0.1) is 0 Å². The van der Waals surface area contributed by atoms with E-state index in [1.54, 1.807) is 42.7 Å². The minimum absolute atomic E-state index is 0.192. The number of pyridine rings is 3. The molecule has 0 saturated carbocycles. The van der Waals surface area contributed by atoms with Gasteiger partial charge in [0.05, 0.1) is 22.7 Å². The van der Waals surface area contributed by atoms with Crippen molar-refractivity contribution in [2.45, 2.75) is 10.1 Å². The summed E-state index contributed by atoms with van der Waals surface area (Å²) in [4.78, 5) is 28.8. The van der Waals surface area contributed by atoms with Crippen LogP contribution in [0.4, 0.5) is 0 Å². The van der Waals surface area contributed by atoms with Gasteiger partial charge in [0, 0.05) is 30.4 Å². The highest BCUT2D eigenvalue weighted by atomic mass is 35.5. The van der Waals surface area contributed by atoms with E-state index in [0.717, 1.165) is 0 Å². The average molecular weight is 459 g/mol. The second-order valence-electron chi connectivity index (χ2n) is 5.89. The number of hydrogen-bond acceptors (Lipinski definition) is 8. The van der Waals surface area contributed by atoms with Crippen LogP contribution in [-0.4, -0.2) is 33.0 Å². The van der Waals surface area contributed by atoms with Gasteiger partial charge in [-0.3, -0.25) is 4.98 Å². The van der Waals surface area contributed by atoms with E-state index in [1.165, 1.54) is 31.3 Å². The lowest BCUT2D eigenvalue weighted by Gasteiger charge is -2.02. The summed E-state index contributed by atoms with van der Waals surface area (Å²) in [6, 6.07) is 8.50. The summed E-state index contributed by atoms with van der Waals surface area (Å²) < 4.78 is 10.7. The fraction of sp³-hybridized carbons (Fsp3) is 0.0500. The van der Waals surface area contributed by atoms with E-state index in [1.807, 2.05) is 0 Å². The van der Waals surface area contributed by atoms with E-state index in [9.17, 15) is 4.79 Å². The summed E-state index contributed by atoms with van der Waals surface area (Å²) in [5, 5.41) is 2.16. The molecule has 0 aliphatic carbocycles. The maximum Gasteiger partial charge on any atom is 0.356 e. The fourth-order valence-corrected chi connectivity index (χ4v) is 3.58. The highest BCUT2D eigenvalue weighted by molar-refractivity contribution is 7.99. The van der Waals surface area contributed by atoms with E-state index in [0.29, 0.717) is 42.9 Å². The van der Waals surface area contributed by atoms with Crippen LogP contribution >= 0.6 is 35.0 Å². The summed E-state index contributed by atoms with van der Waals surface area (Å²) in [6.45, 7) is 0. The number of rotatable bonds is 5. The number of ether oxygens (including phenoxy) is 1. The first-order valence-corrected chi connectivity index (χ1v) is 10.1. The molecule has 0 radical (unpaired) electrons. The van der Waals surface area contributed by atoms with Crippen molar-refractivity contribution in [1.29, 1.82) is 0 Å². The minimum atomic E-state index is -0.521. The van der Waals surface area contributed by atoms with E-state index < -0.39 is 5.97 Å². The second kappa shape index (κ2) is 8.83. The number of hydrogen-bond donors (Lipinski definition) is 0.